The highest BCUT2D eigenvalue weighted by molar-refractivity contribution is 6.46. The van der Waals surface area contributed by atoms with Crippen molar-refractivity contribution >= 4 is 17.4 Å². The summed E-state index contributed by atoms with van der Waals surface area (Å²) in [5.74, 6) is 0.0379. The SMILES string of the molecule is COc1cccc([C@H]2C(=C(O)c3ccc(OCC(C)C)cc3)C(=O)C(=O)N2Cc2cccnc2)c1OC. The lowest BCUT2D eigenvalue weighted by Gasteiger charge is -2.27. The minimum absolute atomic E-state index is 0.0312. The topological polar surface area (TPSA) is 98.2 Å². The van der Waals surface area contributed by atoms with Gasteiger partial charge in [0.05, 0.1) is 32.4 Å². The quantitative estimate of drug-likeness (QED) is 0.256. The van der Waals surface area contributed by atoms with Gasteiger partial charge in [-0.1, -0.05) is 32.0 Å². The molecule has 1 fully saturated rings. The summed E-state index contributed by atoms with van der Waals surface area (Å²) in [6, 6.07) is 14.7. The first kappa shape index (κ1) is 25.8. The number of aliphatic hydroxyl groups excluding tert-OH is 1. The fourth-order valence-electron chi connectivity index (χ4n) is 4.31. The first-order chi connectivity index (χ1) is 17.8. The molecule has 1 atom stereocenters. The van der Waals surface area contributed by atoms with Crippen LogP contribution in [-0.2, 0) is 16.1 Å². The first-order valence-electron chi connectivity index (χ1n) is 12.0. The zero-order valence-electron chi connectivity index (χ0n) is 21.3. The van der Waals surface area contributed by atoms with Gasteiger partial charge in [0.2, 0.25) is 0 Å². The molecule has 3 aromatic rings. The van der Waals surface area contributed by atoms with Gasteiger partial charge in [-0.05, 0) is 47.9 Å². The van der Waals surface area contributed by atoms with Crippen molar-refractivity contribution < 1.29 is 28.9 Å². The minimum atomic E-state index is -0.915. The summed E-state index contributed by atoms with van der Waals surface area (Å²) >= 11 is 0. The standard InChI is InChI=1S/C29H30N2O6/c1-18(2)17-37-21-12-10-20(11-13-21)26(32)24-25(22-8-5-9-23(35-3)28(22)36-4)31(29(34)27(24)33)16-19-7-6-14-30-15-19/h5-15,18,25,32H,16-17H2,1-4H3/t25-/m0/s1. The molecule has 4 rings (SSSR count). The number of ether oxygens (including phenoxy) is 3. The number of amides is 1. The molecule has 0 unspecified atom stereocenters. The van der Waals surface area contributed by atoms with Gasteiger partial charge in [-0.3, -0.25) is 14.6 Å². The second-order valence-corrected chi connectivity index (χ2v) is 9.10. The number of methoxy groups -OCH3 is 2. The third-order valence-electron chi connectivity index (χ3n) is 6.05. The normalized spacial score (nSPS) is 16.8. The van der Waals surface area contributed by atoms with Gasteiger partial charge in [0.15, 0.2) is 11.5 Å². The van der Waals surface area contributed by atoms with E-state index >= 15 is 0 Å². The van der Waals surface area contributed by atoms with Crippen LogP contribution in [0.5, 0.6) is 17.2 Å². The molecule has 2 heterocycles. The highest BCUT2D eigenvalue weighted by atomic mass is 16.5. The third kappa shape index (κ3) is 5.28. The number of aromatic nitrogens is 1. The smallest absolute Gasteiger partial charge is 0.295 e. The number of rotatable bonds is 9. The molecular formula is C29H30N2O6. The number of hydrogen-bond donors (Lipinski definition) is 1. The summed E-state index contributed by atoms with van der Waals surface area (Å²) in [6.07, 6.45) is 3.27. The van der Waals surface area contributed by atoms with E-state index in [0.717, 1.165) is 5.56 Å². The first-order valence-corrected chi connectivity index (χ1v) is 12.0. The van der Waals surface area contributed by atoms with Crippen LogP contribution in [0.15, 0.2) is 72.6 Å². The Morgan fingerprint density at radius 3 is 2.41 bits per heavy atom. The molecule has 1 aliphatic rings. The van der Waals surface area contributed by atoms with Gasteiger partial charge in [0, 0.05) is 30.1 Å². The number of para-hydroxylation sites is 1. The molecule has 192 valence electrons. The molecule has 1 aromatic heterocycles. The number of pyridine rings is 1. The van der Waals surface area contributed by atoms with Crippen molar-refractivity contribution in [3.63, 3.8) is 0 Å². The number of benzene rings is 2. The Balaban J connectivity index is 1.84. The largest absolute Gasteiger partial charge is 0.507 e. The van der Waals surface area contributed by atoms with Crippen LogP contribution in [0.25, 0.3) is 5.76 Å². The summed E-state index contributed by atoms with van der Waals surface area (Å²) < 4.78 is 16.8. The molecule has 0 radical (unpaired) electrons. The number of nitrogens with zero attached hydrogens (tertiary/aromatic N) is 2. The van der Waals surface area contributed by atoms with E-state index in [1.165, 1.54) is 19.1 Å². The van der Waals surface area contributed by atoms with E-state index in [4.69, 9.17) is 14.2 Å². The van der Waals surface area contributed by atoms with Crippen LogP contribution >= 0.6 is 0 Å². The van der Waals surface area contributed by atoms with Crippen LogP contribution in [0.2, 0.25) is 0 Å². The number of likely N-dealkylation sites (tertiary alicyclic amines) is 1. The van der Waals surface area contributed by atoms with Crippen LogP contribution in [0.4, 0.5) is 0 Å². The Morgan fingerprint density at radius 1 is 1.03 bits per heavy atom. The number of aliphatic hydroxyl groups is 1. The van der Waals surface area contributed by atoms with Crippen LogP contribution < -0.4 is 14.2 Å². The van der Waals surface area contributed by atoms with E-state index in [1.807, 2.05) is 6.07 Å². The third-order valence-corrected chi connectivity index (χ3v) is 6.05. The molecule has 0 spiro atoms. The Hall–Kier alpha value is -4.33. The van der Waals surface area contributed by atoms with Crippen molar-refractivity contribution in [1.29, 1.82) is 0 Å². The summed E-state index contributed by atoms with van der Waals surface area (Å²) in [5, 5.41) is 11.4. The zero-order valence-corrected chi connectivity index (χ0v) is 21.3. The molecule has 1 amide bonds. The maximum Gasteiger partial charge on any atom is 0.295 e. The van der Waals surface area contributed by atoms with Gasteiger partial charge in [-0.15, -0.1) is 0 Å². The van der Waals surface area contributed by atoms with Gasteiger partial charge >= 0.3 is 0 Å². The van der Waals surface area contributed by atoms with Crippen molar-refractivity contribution in [3.05, 3.63) is 89.3 Å². The van der Waals surface area contributed by atoms with Crippen LogP contribution in [0.1, 0.15) is 36.6 Å². The van der Waals surface area contributed by atoms with E-state index in [9.17, 15) is 14.7 Å². The number of carbonyl (C=O) groups excluding carboxylic acids is 2. The molecule has 1 saturated heterocycles. The summed E-state index contributed by atoms with van der Waals surface area (Å²) in [5.41, 5.74) is 1.62. The van der Waals surface area contributed by atoms with E-state index < -0.39 is 17.7 Å². The van der Waals surface area contributed by atoms with E-state index in [-0.39, 0.29) is 17.9 Å². The molecule has 8 heteroatoms. The lowest BCUT2D eigenvalue weighted by Crippen LogP contribution is -2.29. The summed E-state index contributed by atoms with van der Waals surface area (Å²) in [6.45, 7) is 4.78. The lowest BCUT2D eigenvalue weighted by atomic mass is 9.94. The Labute approximate surface area is 216 Å². The van der Waals surface area contributed by atoms with Crippen molar-refractivity contribution in [1.82, 2.24) is 9.88 Å². The van der Waals surface area contributed by atoms with E-state index in [0.29, 0.717) is 40.9 Å². The molecule has 0 saturated carbocycles. The van der Waals surface area contributed by atoms with Crippen LogP contribution in [0.3, 0.4) is 0 Å². The van der Waals surface area contributed by atoms with Crippen molar-refractivity contribution in [3.8, 4) is 17.2 Å². The van der Waals surface area contributed by atoms with Gasteiger partial charge in [0.1, 0.15) is 11.5 Å². The lowest BCUT2D eigenvalue weighted by molar-refractivity contribution is -0.140. The highest BCUT2D eigenvalue weighted by Gasteiger charge is 2.47. The minimum Gasteiger partial charge on any atom is -0.507 e. The second kappa shape index (κ2) is 11.2. The van der Waals surface area contributed by atoms with Crippen LogP contribution in [-0.4, -0.2) is 47.5 Å². The molecule has 0 aliphatic carbocycles. The fourth-order valence-corrected chi connectivity index (χ4v) is 4.31. The van der Waals surface area contributed by atoms with Gasteiger partial charge in [-0.25, -0.2) is 0 Å². The summed E-state index contributed by atoms with van der Waals surface area (Å²) in [4.78, 5) is 32.2. The average molecular weight is 503 g/mol. The molecule has 8 nitrogen and oxygen atoms in total. The van der Waals surface area contributed by atoms with Crippen LogP contribution in [0, 0.1) is 5.92 Å². The second-order valence-electron chi connectivity index (χ2n) is 9.10. The molecule has 1 aliphatic heterocycles. The Morgan fingerprint density at radius 2 is 1.78 bits per heavy atom. The molecule has 37 heavy (non-hydrogen) atoms. The van der Waals surface area contributed by atoms with Crippen molar-refractivity contribution in [2.75, 3.05) is 20.8 Å². The number of ketones is 1. The van der Waals surface area contributed by atoms with Crippen molar-refractivity contribution in [2.24, 2.45) is 5.92 Å². The van der Waals surface area contributed by atoms with E-state index in [2.05, 4.69) is 18.8 Å². The number of hydrogen-bond acceptors (Lipinski definition) is 7. The van der Waals surface area contributed by atoms with Gasteiger partial charge < -0.3 is 24.2 Å². The van der Waals surface area contributed by atoms with Gasteiger partial charge in [0.25, 0.3) is 11.7 Å². The van der Waals surface area contributed by atoms with Gasteiger partial charge in [-0.2, -0.15) is 0 Å². The molecule has 1 N–H and O–H groups in total. The monoisotopic (exact) mass is 502 g/mol. The maximum atomic E-state index is 13.4. The Kier molecular flexibility index (Phi) is 7.77. The molecule has 0 bridgehead atoms. The maximum absolute atomic E-state index is 13.4. The molecule has 2 aromatic carbocycles. The predicted molar refractivity (Wildman–Crippen MR) is 138 cm³/mol. The zero-order chi connectivity index (χ0) is 26.5. The predicted octanol–water partition coefficient (Wildman–Crippen LogP) is 4.76. The number of Topliss-reactive ketones (excluding diaryl/α,β-unsaturated/α-hetero) is 1. The van der Waals surface area contributed by atoms with E-state index in [1.54, 1.807) is 60.9 Å². The molecular weight excluding hydrogens is 472 g/mol. The Bertz CT molecular complexity index is 1300. The average Bonchev–Trinajstić information content (AvgIpc) is 3.16. The summed E-state index contributed by atoms with van der Waals surface area (Å²) in [7, 11) is 3.00. The fraction of sp³-hybridized carbons (Fsp3) is 0.276. The highest BCUT2D eigenvalue weighted by Crippen LogP contribution is 2.46. The van der Waals surface area contributed by atoms with Crippen molar-refractivity contribution in [2.45, 2.75) is 26.4 Å². The number of carbonyl (C=O) groups is 2.